The Morgan fingerprint density at radius 2 is 1.56 bits per heavy atom. The second kappa shape index (κ2) is 8.07. The third kappa shape index (κ3) is 6.11. The number of nitrogens with zero attached hydrogens (tertiary/aromatic N) is 1. The number of carbonyl (C=O) groups excluding carboxylic acids is 3. The summed E-state index contributed by atoms with van der Waals surface area (Å²) in [5.74, 6) is 1.22. The van der Waals surface area contributed by atoms with Crippen molar-refractivity contribution in [3.8, 4) is 0 Å². The number of fused-ring (bicyclic) bond motifs is 1. The van der Waals surface area contributed by atoms with E-state index in [1.807, 2.05) is 46.4 Å². The van der Waals surface area contributed by atoms with E-state index in [9.17, 15) is 9.59 Å². The predicted molar refractivity (Wildman–Crippen MR) is 103 cm³/mol. The molecule has 7 nitrogen and oxygen atoms in total. The molecule has 2 rings (SSSR count). The molecule has 3 atom stereocenters. The molecule has 0 bridgehead atoms. The van der Waals surface area contributed by atoms with Crippen LogP contribution in [0.25, 0.3) is 0 Å². The van der Waals surface area contributed by atoms with E-state index >= 15 is 0 Å². The van der Waals surface area contributed by atoms with E-state index in [-0.39, 0.29) is 11.3 Å². The number of hydrogen-bond donors (Lipinski definition) is 1. The highest BCUT2D eigenvalue weighted by molar-refractivity contribution is 5.87. The molecule has 2 amide bonds. The number of ether oxygens (including phenoxy) is 2. The SMILES string of the molecule is CC(C)(C)OC(=O)NC(C(=O)N1CC2C(C1)C2(C)C)C(C)(C)C.COC=O. The lowest BCUT2D eigenvalue weighted by Crippen LogP contribution is -2.55. The van der Waals surface area contributed by atoms with Gasteiger partial charge in [0.25, 0.3) is 6.47 Å². The molecule has 1 saturated carbocycles. The minimum atomic E-state index is -0.575. The van der Waals surface area contributed by atoms with Gasteiger partial charge in [-0.1, -0.05) is 34.6 Å². The van der Waals surface area contributed by atoms with Gasteiger partial charge in [0, 0.05) is 13.1 Å². The van der Waals surface area contributed by atoms with Crippen molar-refractivity contribution in [2.45, 2.75) is 67.0 Å². The summed E-state index contributed by atoms with van der Waals surface area (Å²) in [6.07, 6.45) is -0.532. The molecule has 0 aromatic heterocycles. The van der Waals surface area contributed by atoms with Crippen molar-refractivity contribution in [2.24, 2.45) is 22.7 Å². The van der Waals surface area contributed by atoms with Gasteiger partial charge in [0.1, 0.15) is 11.6 Å². The van der Waals surface area contributed by atoms with Gasteiger partial charge in [-0.15, -0.1) is 0 Å². The lowest BCUT2D eigenvalue weighted by molar-refractivity contribution is -0.136. The van der Waals surface area contributed by atoms with Gasteiger partial charge in [-0.25, -0.2) is 4.79 Å². The third-order valence-electron chi connectivity index (χ3n) is 5.30. The number of rotatable bonds is 3. The topological polar surface area (TPSA) is 84.9 Å². The average Bonchev–Trinajstić information content (AvgIpc) is 2.89. The number of methoxy groups -OCH3 is 1. The number of carbonyl (C=O) groups is 3. The van der Waals surface area contributed by atoms with Crippen LogP contribution in [-0.2, 0) is 19.1 Å². The predicted octanol–water partition coefficient (Wildman–Crippen LogP) is 2.83. The number of amides is 2. The molecule has 3 unspecified atom stereocenters. The van der Waals surface area contributed by atoms with Crippen molar-refractivity contribution >= 4 is 18.5 Å². The first-order chi connectivity index (χ1) is 12.1. The summed E-state index contributed by atoms with van der Waals surface area (Å²) in [5.41, 5.74) is -0.572. The van der Waals surface area contributed by atoms with Crippen LogP contribution in [0.4, 0.5) is 4.79 Å². The summed E-state index contributed by atoms with van der Waals surface area (Å²) < 4.78 is 9.18. The molecule has 0 aromatic rings. The molecule has 7 heteroatoms. The van der Waals surface area contributed by atoms with Crippen molar-refractivity contribution in [1.82, 2.24) is 10.2 Å². The van der Waals surface area contributed by atoms with Crippen molar-refractivity contribution in [3.05, 3.63) is 0 Å². The summed E-state index contributed by atoms with van der Waals surface area (Å²) in [6.45, 7) is 17.9. The van der Waals surface area contributed by atoms with Crippen molar-refractivity contribution in [1.29, 1.82) is 0 Å². The van der Waals surface area contributed by atoms with Gasteiger partial charge in [0.2, 0.25) is 5.91 Å². The highest BCUT2D eigenvalue weighted by Crippen LogP contribution is 2.62. The molecule has 27 heavy (non-hydrogen) atoms. The van der Waals surface area contributed by atoms with E-state index in [2.05, 4.69) is 23.9 Å². The molecule has 0 spiro atoms. The Morgan fingerprint density at radius 3 is 1.89 bits per heavy atom. The maximum atomic E-state index is 12.9. The first-order valence-corrected chi connectivity index (χ1v) is 9.40. The Kier molecular flexibility index (Phi) is 6.95. The first kappa shape index (κ1) is 23.2. The minimum Gasteiger partial charge on any atom is -0.471 e. The van der Waals surface area contributed by atoms with Crippen LogP contribution in [0.15, 0.2) is 0 Å². The molecular formula is C20H36N2O5. The molecule has 1 saturated heterocycles. The number of nitrogens with one attached hydrogen (secondary N) is 1. The molecule has 0 radical (unpaired) electrons. The summed E-state index contributed by atoms with van der Waals surface area (Å²) >= 11 is 0. The molecular weight excluding hydrogens is 348 g/mol. The van der Waals surface area contributed by atoms with Gasteiger partial charge in [0.15, 0.2) is 0 Å². The fraction of sp³-hybridized carbons (Fsp3) is 0.850. The van der Waals surface area contributed by atoms with Gasteiger partial charge in [-0.05, 0) is 43.4 Å². The number of hydrogen-bond acceptors (Lipinski definition) is 5. The van der Waals surface area contributed by atoms with E-state index in [0.717, 1.165) is 13.1 Å². The normalized spacial score (nSPS) is 24.0. The molecule has 2 aliphatic rings. The van der Waals surface area contributed by atoms with Crippen LogP contribution in [0, 0.1) is 22.7 Å². The van der Waals surface area contributed by atoms with Crippen molar-refractivity contribution < 1.29 is 23.9 Å². The van der Waals surface area contributed by atoms with Gasteiger partial charge in [-0.2, -0.15) is 0 Å². The minimum absolute atomic E-state index is 0.00589. The van der Waals surface area contributed by atoms with Gasteiger partial charge < -0.3 is 19.7 Å². The largest absolute Gasteiger partial charge is 0.471 e. The van der Waals surface area contributed by atoms with E-state index in [1.165, 1.54) is 7.11 Å². The number of likely N-dealkylation sites (tertiary alicyclic amines) is 1. The average molecular weight is 385 g/mol. The molecule has 1 aliphatic carbocycles. The zero-order chi connectivity index (χ0) is 21.2. The number of piperidine rings is 1. The van der Waals surface area contributed by atoms with Crippen molar-refractivity contribution in [3.63, 3.8) is 0 Å². The van der Waals surface area contributed by atoms with Crippen LogP contribution in [-0.4, -0.2) is 55.2 Å². The van der Waals surface area contributed by atoms with Crippen LogP contribution >= 0.6 is 0 Å². The quantitative estimate of drug-likeness (QED) is 0.756. The Bertz CT molecular complexity index is 546. The molecule has 1 N–H and O–H groups in total. The third-order valence-corrected chi connectivity index (χ3v) is 5.30. The second-order valence-electron chi connectivity index (χ2n) is 10.1. The second-order valence-corrected chi connectivity index (χ2v) is 10.1. The highest BCUT2D eigenvalue weighted by atomic mass is 16.6. The Hall–Kier alpha value is -1.79. The van der Waals surface area contributed by atoms with Crippen LogP contribution in [0.3, 0.4) is 0 Å². The number of alkyl carbamates (subject to hydrolysis) is 1. The van der Waals surface area contributed by atoms with Crippen LogP contribution < -0.4 is 5.32 Å². The van der Waals surface area contributed by atoms with Crippen LogP contribution in [0.5, 0.6) is 0 Å². The lowest BCUT2D eigenvalue weighted by Gasteiger charge is -2.35. The summed E-state index contributed by atoms with van der Waals surface area (Å²) in [6, 6.07) is -0.571. The Balaban J connectivity index is 0.000000828. The fourth-order valence-electron chi connectivity index (χ4n) is 3.57. The van der Waals surface area contributed by atoms with E-state index < -0.39 is 17.7 Å². The molecule has 0 aromatic carbocycles. The summed E-state index contributed by atoms with van der Waals surface area (Å²) in [7, 11) is 1.31. The van der Waals surface area contributed by atoms with E-state index in [0.29, 0.717) is 23.7 Å². The van der Waals surface area contributed by atoms with Crippen LogP contribution in [0.2, 0.25) is 0 Å². The van der Waals surface area contributed by atoms with Crippen LogP contribution in [0.1, 0.15) is 55.4 Å². The first-order valence-electron chi connectivity index (χ1n) is 9.40. The molecule has 156 valence electrons. The maximum absolute atomic E-state index is 12.9. The Labute approximate surface area is 163 Å². The van der Waals surface area contributed by atoms with Gasteiger partial charge >= 0.3 is 6.09 Å². The molecule has 2 fully saturated rings. The van der Waals surface area contributed by atoms with E-state index in [1.54, 1.807) is 0 Å². The standard InChI is InChI=1S/C18H32N2O3.C2H4O2/c1-16(2,3)13(19-15(22)23-17(4,5)6)14(21)20-9-11-12(10-20)18(11,7)8;1-4-2-3/h11-13H,9-10H2,1-8H3,(H,19,22);2H,1H3. The zero-order valence-corrected chi connectivity index (χ0v) is 18.2. The lowest BCUT2D eigenvalue weighted by atomic mass is 9.85. The fourth-order valence-corrected chi connectivity index (χ4v) is 3.57. The van der Waals surface area contributed by atoms with Crippen molar-refractivity contribution in [2.75, 3.05) is 20.2 Å². The molecule has 1 aliphatic heterocycles. The highest BCUT2D eigenvalue weighted by Gasteiger charge is 2.63. The smallest absolute Gasteiger partial charge is 0.408 e. The zero-order valence-electron chi connectivity index (χ0n) is 18.2. The van der Waals surface area contributed by atoms with E-state index in [4.69, 9.17) is 9.53 Å². The molecule has 1 heterocycles. The maximum Gasteiger partial charge on any atom is 0.408 e. The summed E-state index contributed by atoms with van der Waals surface area (Å²) in [4.78, 5) is 35.9. The summed E-state index contributed by atoms with van der Waals surface area (Å²) in [5, 5.41) is 2.79. The monoisotopic (exact) mass is 384 g/mol. The van der Waals surface area contributed by atoms with Gasteiger partial charge in [-0.3, -0.25) is 9.59 Å². The van der Waals surface area contributed by atoms with Gasteiger partial charge in [0.05, 0.1) is 7.11 Å². The Morgan fingerprint density at radius 1 is 1.11 bits per heavy atom.